The van der Waals surface area contributed by atoms with Crippen molar-refractivity contribution in [2.75, 3.05) is 26.2 Å². The first kappa shape index (κ1) is 22.8. The van der Waals surface area contributed by atoms with Crippen LogP contribution in [0.2, 0.25) is 0 Å². The van der Waals surface area contributed by atoms with E-state index in [4.69, 9.17) is 9.15 Å². The van der Waals surface area contributed by atoms with Gasteiger partial charge in [0.2, 0.25) is 11.6 Å². The zero-order valence-electron chi connectivity index (χ0n) is 17.3. The molecule has 1 amide bonds. The first-order chi connectivity index (χ1) is 15.8. The number of furan rings is 1. The summed E-state index contributed by atoms with van der Waals surface area (Å²) in [4.78, 5) is 16.4. The van der Waals surface area contributed by atoms with Gasteiger partial charge in [-0.15, -0.1) is 0 Å². The largest absolute Gasteiger partial charge is 0.479 e. The highest BCUT2D eigenvalue weighted by Gasteiger charge is 2.25. The van der Waals surface area contributed by atoms with Crippen molar-refractivity contribution in [3.63, 3.8) is 0 Å². The minimum absolute atomic E-state index is 0.00135. The quantitative estimate of drug-likeness (QED) is 0.396. The number of carbonyl (C=O) groups excluding carboxylic acids is 1. The molecule has 1 aromatic heterocycles. The highest BCUT2D eigenvalue weighted by molar-refractivity contribution is 5.91. The first-order valence-electron chi connectivity index (χ1n) is 10.1. The van der Waals surface area contributed by atoms with Crippen molar-refractivity contribution < 1.29 is 35.9 Å². The third-order valence-electron chi connectivity index (χ3n) is 5.26. The second-order valence-electron chi connectivity index (χ2n) is 7.55. The van der Waals surface area contributed by atoms with Crippen LogP contribution in [0.4, 0.5) is 22.0 Å². The van der Waals surface area contributed by atoms with Crippen LogP contribution in [0.1, 0.15) is 21.9 Å². The van der Waals surface area contributed by atoms with E-state index in [-0.39, 0.29) is 29.3 Å². The fourth-order valence-electron chi connectivity index (χ4n) is 3.55. The molecule has 3 aromatic rings. The third-order valence-corrected chi connectivity index (χ3v) is 5.26. The van der Waals surface area contributed by atoms with E-state index in [2.05, 4.69) is 4.90 Å². The van der Waals surface area contributed by atoms with E-state index in [1.54, 1.807) is 11.0 Å². The average molecular weight is 466 g/mol. The van der Waals surface area contributed by atoms with E-state index < -0.39 is 35.6 Å². The number of halogens is 5. The maximum Gasteiger partial charge on any atom is 0.289 e. The van der Waals surface area contributed by atoms with Crippen molar-refractivity contribution in [2.45, 2.75) is 13.2 Å². The molecule has 33 heavy (non-hydrogen) atoms. The van der Waals surface area contributed by atoms with Crippen LogP contribution in [0.25, 0.3) is 0 Å². The van der Waals surface area contributed by atoms with Crippen LogP contribution in [-0.2, 0) is 13.2 Å². The van der Waals surface area contributed by atoms with Gasteiger partial charge in [0.05, 0.1) is 0 Å². The number of hydrogen-bond donors (Lipinski definition) is 0. The molecule has 2 heterocycles. The van der Waals surface area contributed by atoms with Crippen LogP contribution < -0.4 is 4.74 Å². The van der Waals surface area contributed by atoms with Gasteiger partial charge in [0.1, 0.15) is 18.2 Å². The molecule has 4 rings (SSSR count). The number of rotatable bonds is 6. The van der Waals surface area contributed by atoms with Gasteiger partial charge in [-0.05, 0) is 29.8 Å². The maximum atomic E-state index is 13.7. The fourth-order valence-corrected chi connectivity index (χ4v) is 3.55. The molecule has 0 aliphatic carbocycles. The predicted octanol–water partition coefficient (Wildman–Crippen LogP) is 4.51. The molecule has 0 spiro atoms. The van der Waals surface area contributed by atoms with Crippen LogP contribution >= 0.6 is 0 Å². The van der Waals surface area contributed by atoms with Crippen molar-refractivity contribution in [2.24, 2.45) is 0 Å². The Labute approximate surface area is 186 Å². The number of nitrogens with zero attached hydrogens (tertiary/aromatic N) is 2. The van der Waals surface area contributed by atoms with Gasteiger partial charge in [0, 0.05) is 38.8 Å². The monoisotopic (exact) mass is 466 g/mol. The van der Waals surface area contributed by atoms with Crippen molar-refractivity contribution in [1.82, 2.24) is 9.80 Å². The SMILES string of the molecule is O=C(c1ccc(COc2c(F)c(F)cc(F)c2F)o1)N1CCN(Cc2cccc(F)c2)CC1. The Balaban J connectivity index is 1.32. The summed E-state index contributed by atoms with van der Waals surface area (Å²) in [5.74, 6) is -8.32. The number of hydrogen-bond acceptors (Lipinski definition) is 4. The number of ether oxygens (including phenoxy) is 1. The minimum atomic E-state index is -1.66. The Kier molecular flexibility index (Phi) is 6.64. The van der Waals surface area contributed by atoms with Crippen LogP contribution in [0.15, 0.2) is 46.9 Å². The van der Waals surface area contributed by atoms with Gasteiger partial charge < -0.3 is 14.1 Å². The summed E-state index contributed by atoms with van der Waals surface area (Å²) < 4.78 is 77.5. The smallest absolute Gasteiger partial charge is 0.289 e. The van der Waals surface area contributed by atoms with E-state index in [9.17, 15) is 26.7 Å². The minimum Gasteiger partial charge on any atom is -0.479 e. The standard InChI is InChI=1S/C23H19F5N2O3/c24-15-3-1-2-14(10-15)12-29-6-8-30(9-7-29)23(31)19-5-4-16(33-19)13-32-22-20(27)17(25)11-18(26)21(22)28/h1-5,10-11H,6-9,12-13H2. The average Bonchev–Trinajstić information content (AvgIpc) is 3.27. The van der Waals surface area contributed by atoms with Gasteiger partial charge >= 0.3 is 0 Å². The summed E-state index contributed by atoms with van der Waals surface area (Å²) >= 11 is 0. The Hall–Kier alpha value is -3.40. The summed E-state index contributed by atoms with van der Waals surface area (Å²) in [6.45, 7) is 2.06. The molecule has 1 aliphatic rings. The Morgan fingerprint density at radius 1 is 0.909 bits per heavy atom. The van der Waals surface area contributed by atoms with Crippen molar-refractivity contribution >= 4 is 5.91 Å². The third kappa shape index (κ3) is 5.16. The Morgan fingerprint density at radius 2 is 1.61 bits per heavy atom. The molecular weight excluding hydrogens is 447 g/mol. The lowest BCUT2D eigenvalue weighted by molar-refractivity contribution is 0.0594. The summed E-state index contributed by atoms with van der Waals surface area (Å²) in [6.07, 6.45) is 0. The van der Waals surface area contributed by atoms with Crippen LogP contribution in [-0.4, -0.2) is 41.9 Å². The summed E-state index contributed by atoms with van der Waals surface area (Å²) in [6, 6.07) is 9.18. The van der Waals surface area contributed by atoms with E-state index in [0.29, 0.717) is 32.7 Å². The van der Waals surface area contributed by atoms with Crippen LogP contribution in [0.3, 0.4) is 0 Å². The highest BCUT2D eigenvalue weighted by atomic mass is 19.2. The van der Waals surface area contributed by atoms with Gasteiger partial charge in [0.15, 0.2) is 23.1 Å². The summed E-state index contributed by atoms with van der Waals surface area (Å²) in [7, 11) is 0. The number of carbonyl (C=O) groups is 1. The number of piperazine rings is 1. The number of benzene rings is 2. The lowest BCUT2D eigenvalue weighted by Gasteiger charge is -2.34. The lowest BCUT2D eigenvalue weighted by atomic mass is 10.2. The number of amides is 1. The van der Waals surface area contributed by atoms with Crippen molar-refractivity contribution in [3.05, 3.63) is 88.6 Å². The van der Waals surface area contributed by atoms with Crippen molar-refractivity contribution in [3.8, 4) is 5.75 Å². The highest BCUT2D eigenvalue weighted by Crippen LogP contribution is 2.27. The molecule has 0 saturated carbocycles. The second kappa shape index (κ2) is 9.62. The lowest BCUT2D eigenvalue weighted by Crippen LogP contribution is -2.48. The molecule has 0 N–H and O–H groups in total. The molecule has 10 heteroatoms. The van der Waals surface area contributed by atoms with Gasteiger partial charge in [-0.2, -0.15) is 8.78 Å². The summed E-state index contributed by atoms with van der Waals surface area (Å²) in [5, 5.41) is 0. The van der Waals surface area contributed by atoms with Gasteiger partial charge in [-0.25, -0.2) is 13.2 Å². The maximum absolute atomic E-state index is 13.7. The van der Waals surface area contributed by atoms with Crippen molar-refractivity contribution in [1.29, 1.82) is 0 Å². The second-order valence-corrected chi connectivity index (χ2v) is 7.55. The van der Waals surface area contributed by atoms with E-state index in [1.165, 1.54) is 24.3 Å². The van der Waals surface area contributed by atoms with Gasteiger partial charge in [-0.1, -0.05) is 12.1 Å². The molecule has 0 radical (unpaired) electrons. The zero-order valence-corrected chi connectivity index (χ0v) is 17.3. The molecule has 0 unspecified atom stereocenters. The van der Waals surface area contributed by atoms with E-state index in [0.717, 1.165) is 5.56 Å². The van der Waals surface area contributed by atoms with Crippen LogP contribution in [0, 0.1) is 29.1 Å². The van der Waals surface area contributed by atoms with E-state index in [1.807, 2.05) is 6.07 Å². The molecule has 1 aliphatic heterocycles. The molecule has 1 saturated heterocycles. The topological polar surface area (TPSA) is 45.9 Å². The fraction of sp³-hybridized carbons (Fsp3) is 0.261. The predicted molar refractivity (Wildman–Crippen MR) is 107 cm³/mol. The summed E-state index contributed by atoms with van der Waals surface area (Å²) in [5.41, 5.74) is 0.844. The molecule has 0 bridgehead atoms. The van der Waals surface area contributed by atoms with E-state index >= 15 is 0 Å². The zero-order chi connectivity index (χ0) is 23.5. The Bertz CT molecular complexity index is 1130. The molecule has 174 valence electrons. The molecular formula is C23H19F5N2O3. The molecule has 0 atom stereocenters. The van der Waals surface area contributed by atoms with Crippen LogP contribution in [0.5, 0.6) is 5.75 Å². The van der Waals surface area contributed by atoms with Gasteiger partial charge in [0.25, 0.3) is 5.91 Å². The normalized spacial score (nSPS) is 14.5. The first-order valence-corrected chi connectivity index (χ1v) is 10.1. The Morgan fingerprint density at radius 3 is 2.27 bits per heavy atom. The molecule has 5 nitrogen and oxygen atoms in total. The molecule has 2 aromatic carbocycles. The molecule has 1 fully saturated rings. The van der Waals surface area contributed by atoms with Gasteiger partial charge in [-0.3, -0.25) is 9.69 Å².